The molecule has 3 rings (SSSR count). The van der Waals surface area contributed by atoms with Gasteiger partial charge in [0.1, 0.15) is 0 Å². The second-order valence-corrected chi connectivity index (χ2v) is 6.82. The molecule has 2 fully saturated rings. The smallest absolute Gasteiger partial charge is 0.240 e. The maximum atomic E-state index is 12.9. The molecule has 130 valence electrons. The van der Waals surface area contributed by atoms with Gasteiger partial charge in [0.25, 0.3) is 0 Å². The first-order valence-corrected chi connectivity index (χ1v) is 8.94. The van der Waals surface area contributed by atoms with Crippen molar-refractivity contribution in [2.75, 3.05) is 32.7 Å². The molecule has 0 aliphatic carbocycles. The van der Waals surface area contributed by atoms with E-state index in [2.05, 4.69) is 30.0 Å². The molecular weight excluding hydrogens is 302 g/mol. The molecule has 0 saturated carbocycles. The highest BCUT2D eigenvalue weighted by molar-refractivity contribution is 5.83. The first kappa shape index (κ1) is 17.0. The number of carbonyl (C=O) groups excluding carboxylic acids is 2. The fraction of sp³-hybridized carbons (Fsp3) is 0.579. The van der Waals surface area contributed by atoms with E-state index in [-0.39, 0.29) is 17.9 Å². The number of nitrogens with zero attached hydrogens (tertiary/aromatic N) is 3. The minimum absolute atomic E-state index is 0.0711. The maximum Gasteiger partial charge on any atom is 0.240 e. The Morgan fingerprint density at radius 2 is 1.96 bits per heavy atom. The van der Waals surface area contributed by atoms with Crippen LogP contribution < -0.4 is 0 Å². The molecule has 24 heavy (non-hydrogen) atoms. The standard InChI is InChI=1S/C19H27N3O2/c1-3-18(23)21-8-7-17-19(24)22(12-10-20(17)9-11-21)14-16-6-4-5-15(2)13-16/h4-6,13,17H,3,7-12,14H2,1-2H3. The maximum absolute atomic E-state index is 12.9. The number of benzene rings is 1. The van der Waals surface area contributed by atoms with Crippen LogP contribution in [0.25, 0.3) is 0 Å². The van der Waals surface area contributed by atoms with Gasteiger partial charge in [0.05, 0.1) is 6.04 Å². The lowest BCUT2D eigenvalue weighted by atomic mass is 10.1. The summed E-state index contributed by atoms with van der Waals surface area (Å²) in [6, 6.07) is 8.29. The zero-order chi connectivity index (χ0) is 17.1. The molecule has 0 spiro atoms. The molecule has 0 N–H and O–H groups in total. The van der Waals surface area contributed by atoms with Gasteiger partial charge in [0.15, 0.2) is 0 Å². The fourth-order valence-electron chi connectivity index (χ4n) is 3.76. The van der Waals surface area contributed by atoms with Crippen LogP contribution in [0.3, 0.4) is 0 Å². The number of piperazine rings is 1. The largest absolute Gasteiger partial charge is 0.341 e. The fourth-order valence-corrected chi connectivity index (χ4v) is 3.76. The number of carbonyl (C=O) groups is 2. The van der Waals surface area contributed by atoms with Crippen LogP contribution in [0.2, 0.25) is 0 Å². The van der Waals surface area contributed by atoms with Gasteiger partial charge in [0, 0.05) is 45.7 Å². The van der Waals surface area contributed by atoms with Crippen LogP contribution in [0.15, 0.2) is 24.3 Å². The second kappa shape index (κ2) is 7.34. The van der Waals surface area contributed by atoms with Gasteiger partial charge in [-0.3, -0.25) is 14.5 Å². The Bertz CT molecular complexity index is 616. The summed E-state index contributed by atoms with van der Waals surface area (Å²) < 4.78 is 0. The van der Waals surface area contributed by atoms with Crippen molar-refractivity contribution in [2.24, 2.45) is 0 Å². The summed E-state index contributed by atoms with van der Waals surface area (Å²) in [7, 11) is 0. The number of hydrogen-bond donors (Lipinski definition) is 0. The van der Waals surface area contributed by atoms with Crippen molar-refractivity contribution in [3.05, 3.63) is 35.4 Å². The highest BCUT2D eigenvalue weighted by atomic mass is 16.2. The normalized spacial score (nSPS) is 22.2. The van der Waals surface area contributed by atoms with Gasteiger partial charge < -0.3 is 9.80 Å². The van der Waals surface area contributed by atoms with Crippen molar-refractivity contribution >= 4 is 11.8 Å². The molecule has 1 unspecified atom stereocenters. The molecule has 2 amide bonds. The molecule has 2 aliphatic heterocycles. The van der Waals surface area contributed by atoms with E-state index in [9.17, 15) is 9.59 Å². The average molecular weight is 329 g/mol. The van der Waals surface area contributed by atoms with E-state index >= 15 is 0 Å². The van der Waals surface area contributed by atoms with Gasteiger partial charge in [-0.1, -0.05) is 36.8 Å². The van der Waals surface area contributed by atoms with Crippen molar-refractivity contribution in [1.29, 1.82) is 0 Å². The van der Waals surface area contributed by atoms with Gasteiger partial charge in [-0.15, -0.1) is 0 Å². The van der Waals surface area contributed by atoms with Gasteiger partial charge in [-0.2, -0.15) is 0 Å². The van der Waals surface area contributed by atoms with Crippen LogP contribution >= 0.6 is 0 Å². The quantitative estimate of drug-likeness (QED) is 0.847. The van der Waals surface area contributed by atoms with E-state index in [0.717, 1.165) is 32.6 Å². The number of fused-ring (bicyclic) bond motifs is 1. The van der Waals surface area contributed by atoms with Gasteiger partial charge >= 0.3 is 0 Å². The lowest BCUT2D eigenvalue weighted by molar-refractivity contribution is -0.142. The summed E-state index contributed by atoms with van der Waals surface area (Å²) in [6.07, 6.45) is 1.28. The van der Waals surface area contributed by atoms with Crippen LogP contribution in [-0.2, 0) is 16.1 Å². The Balaban J connectivity index is 1.66. The Morgan fingerprint density at radius 3 is 2.71 bits per heavy atom. The molecule has 2 aliphatic rings. The Kier molecular flexibility index (Phi) is 5.19. The molecule has 0 aromatic heterocycles. The Labute approximate surface area is 144 Å². The van der Waals surface area contributed by atoms with Gasteiger partial charge in [-0.25, -0.2) is 0 Å². The van der Waals surface area contributed by atoms with Crippen LogP contribution in [0.5, 0.6) is 0 Å². The van der Waals surface area contributed by atoms with E-state index in [0.29, 0.717) is 19.5 Å². The van der Waals surface area contributed by atoms with E-state index < -0.39 is 0 Å². The molecule has 0 bridgehead atoms. The molecule has 1 aromatic rings. The zero-order valence-corrected chi connectivity index (χ0v) is 14.7. The predicted octanol–water partition coefficient (Wildman–Crippen LogP) is 1.65. The summed E-state index contributed by atoms with van der Waals surface area (Å²) in [5, 5.41) is 0. The molecule has 5 heteroatoms. The molecule has 0 radical (unpaired) electrons. The molecule has 1 aromatic carbocycles. The minimum atomic E-state index is -0.0711. The molecule has 1 atom stereocenters. The monoisotopic (exact) mass is 329 g/mol. The molecule has 2 heterocycles. The third-order valence-corrected chi connectivity index (χ3v) is 5.14. The van der Waals surface area contributed by atoms with Crippen molar-refractivity contribution < 1.29 is 9.59 Å². The predicted molar refractivity (Wildman–Crippen MR) is 93.4 cm³/mol. The first-order valence-electron chi connectivity index (χ1n) is 8.94. The SMILES string of the molecule is CCC(=O)N1CCC2C(=O)N(Cc3cccc(C)c3)CCN2CC1. The minimum Gasteiger partial charge on any atom is -0.341 e. The third kappa shape index (κ3) is 3.61. The second-order valence-electron chi connectivity index (χ2n) is 6.82. The van der Waals surface area contributed by atoms with Crippen molar-refractivity contribution in [3.8, 4) is 0 Å². The molecule has 5 nitrogen and oxygen atoms in total. The first-order chi connectivity index (χ1) is 11.6. The van der Waals surface area contributed by atoms with Crippen molar-refractivity contribution in [1.82, 2.24) is 14.7 Å². The summed E-state index contributed by atoms with van der Waals surface area (Å²) in [6.45, 7) is 8.57. The van der Waals surface area contributed by atoms with E-state index in [4.69, 9.17) is 0 Å². The van der Waals surface area contributed by atoms with Gasteiger partial charge in [0.2, 0.25) is 11.8 Å². The highest BCUT2D eigenvalue weighted by Gasteiger charge is 2.36. The average Bonchev–Trinajstić information content (AvgIpc) is 2.80. The van der Waals surface area contributed by atoms with E-state index in [1.165, 1.54) is 11.1 Å². The van der Waals surface area contributed by atoms with Crippen LogP contribution in [0, 0.1) is 6.92 Å². The zero-order valence-electron chi connectivity index (χ0n) is 14.7. The topological polar surface area (TPSA) is 43.9 Å². The lowest BCUT2D eigenvalue weighted by Gasteiger charge is -2.39. The van der Waals surface area contributed by atoms with Gasteiger partial charge in [-0.05, 0) is 18.9 Å². The Hall–Kier alpha value is -1.88. The number of rotatable bonds is 3. The van der Waals surface area contributed by atoms with Crippen LogP contribution in [0.1, 0.15) is 30.9 Å². The van der Waals surface area contributed by atoms with E-state index in [1.807, 2.05) is 22.8 Å². The molecular formula is C19H27N3O2. The summed E-state index contributed by atoms with van der Waals surface area (Å²) in [5.41, 5.74) is 2.41. The van der Waals surface area contributed by atoms with Crippen LogP contribution in [0.4, 0.5) is 0 Å². The number of aryl methyl sites for hydroxylation is 1. The third-order valence-electron chi connectivity index (χ3n) is 5.14. The molecule has 2 saturated heterocycles. The van der Waals surface area contributed by atoms with E-state index in [1.54, 1.807) is 0 Å². The summed E-state index contributed by atoms with van der Waals surface area (Å²) in [5.74, 6) is 0.410. The van der Waals surface area contributed by atoms with Crippen molar-refractivity contribution in [3.63, 3.8) is 0 Å². The summed E-state index contributed by atoms with van der Waals surface area (Å²) in [4.78, 5) is 31.0. The highest BCUT2D eigenvalue weighted by Crippen LogP contribution is 2.20. The number of hydrogen-bond acceptors (Lipinski definition) is 3. The van der Waals surface area contributed by atoms with Crippen LogP contribution in [-0.4, -0.2) is 65.3 Å². The van der Waals surface area contributed by atoms with Crippen molar-refractivity contribution in [2.45, 2.75) is 39.3 Å². The Morgan fingerprint density at radius 1 is 1.17 bits per heavy atom. The number of amides is 2. The summed E-state index contributed by atoms with van der Waals surface area (Å²) >= 11 is 0. The lowest BCUT2D eigenvalue weighted by Crippen LogP contribution is -2.56.